The number of methoxy groups -OCH3 is 2. The highest BCUT2D eigenvalue weighted by molar-refractivity contribution is 8.32. The molecule has 0 aromatic heterocycles. The zero-order chi connectivity index (χ0) is 27.0. The second kappa shape index (κ2) is 10.4. The summed E-state index contributed by atoms with van der Waals surface area (Å²) in [5.41, 5.74) is 3.01. The van der Waals surface area contributed by atoms with E-state index in [4.69, 9.17) is 21.7 Å². The van der Waals surface area contributed by atoms with Crippen molar-refractivity contribution in [2.24, 2.45) is 0 Å². The third kappa shape index (κ3) is 4.46. The number of esters is 1. The van der Waals surface area contributed by atoms with Crippen LogP contribution >= 0.6 is 35.7 Å². The van der Waals surface area contributed by atoms with Crippen LogP contribution in [0, 0.1) is 0 Å². The summed E-state index contributed by atoms with van der Waals surface area (Å²) < 4.78 is 11.6. The molecule has 0 atom stereocenters. The number of carbonyl (C=O) groups is 2. The summed E-state index contributed by atoms with van der Waals surface area (Å²) in [4.78, 5) is 30.4. The van der Waals surface area contributed by atoms with E-state index in [1.165, 1.54) is 30.6 Å². The van der Waals surface area contributed by atoms with Gasteiger partial charge in [0.25, 0.3) is 5.91 Å². The maximum atomic E-state index is 13.9. The molecule has 0 saturated heterocycles. The quantitative estimate of drug-likeness (QED) is 0.190. The number of carbonyl (C=O) groups excluding carboxylic acids is 2. The zero-order valence-electron chi connectivity index (χ0n) is 21.3. The van der Waals surface area contributed by atoms with Gasteiger partial charge in [0.2, 0.25) is 0 Å². The van der Waals surface area contributed by atoms with E-state index in [9.17, 15) is 9.59 Å². The van der Waals surface area contributed by atoms with Crippen molar-refractivity contribution in [1.82, 2.24) is 0 Å². The number of hydrogen-bond donors (Lipinski definition) is 0. The molecule has 2 aliphatic rings. The molecular formula is C30H25NO4S3. The van der Waals surface area contributed by atoms with E-state index in [2.05, 4.69) is 0 Å². The van der Waals surface area contributed by atoms with Crippen molar-refractivity contribution in [3.05, 3.63) is 105 Å². The number of anilines is 1. The van der Waals surface area contributed by atoms with Gasteiger partial charge in [-0.25, -0.2) is 4.79 Å². The van der Waals surface area contributed by atoms with Crippen LogP contribution in [-0.4, -0.2) is 36.5 Å². The van der Waals surface area contributed by atoms with Crippen LogP contribution in [0.4, 0.5) is 5.69 Å². The number of rotatable bonds is 4. The van der Waals surface area contributed by atoms with Crippen LogP contribution in [0.5, 0.6) is 5.75 Å². The average molecular weight is 560 g/mol. The van der Waals surface area contributed by atoms with Gasteiger partial charge in [0, 0.05) is 21.6 Å². The molecular weight excluding hydrogens is 535 g/mol. The summed E-state index contributed by atoms with van der Waals surface area (Å²) in [6.45, 7) is 3.92. The molecule has 3 aromatic carbocycles. The molecule has 2 aliphatic heterocycles. The number of hydrogen-bond acceptors (Lipinski definition) is 7. The molecule has 2 heterocycles. The van der Waals surface area contributed by atoms with E-state index in [1.54, 1.807) is 24.1 Å². The number of benzene rings is 3. The Morgan fingerprint density at radius 2 is 1.55 bits per heavy atom. The Balaban J connectivity index is 1.71. The SMILES string of the molecule is COC(=O)C1=C(c2ccccc2)S/C(=C2/C(=S)C(C)(C)N(C(=O)c3ccccc3)c3ccc(OC)cc32)S1. The Bertz CT molecular complexity index is 1510. The van der Waals surface area contributed by atoms with Gasteiger partial charge in [-0.1, -0.05) is 84.3 Å². The lowest BCUT2D eigenvalue weighted by molar-refractivity contribution is -0.135. The van der Waals surface area contributed by atoms with Crippen molar-refractivity contribution in [1.29, 1.82) is 0 Å². The minimum absolute atomic E-state index is 0.140. The number of thiocarbonyl (C=S) groups is 1. The smallest absolute Gasteiger partial charge is 0.345 e. The van der Waals surface area contributed by atoms with Gasteiger partial charge in [0.15, 0.2) is 0 Å². The van der Waals surface area contributed by atoms with Crippen LogP contribution in [0.25, 0.3) is 10.5 Å². The predicted octanol–water partition coefficient (Wildman–Crippen LogP) is 7.19. The molecule has 3 aromatic rings. The second-order valence-electron chi connectivity index (χ2n) is 9.16. The van der Waals surface area contributed by atoms with Gasteiger partial charge in [-0.05, 0) is 49.7 Å². The molecule has 0 saturated carbocycles. The topological polar surface area (TPSA) is 55.8 Å². The van der Waals surface area contributed by atoms with Gasteiger partial charge >= 0.3 is 5.97 Å². The first-order chi connectivity index (χ1) is 18.3. The Hall–Kier alpha value is -3.33. The first kappa shape index (κ1) is 26.3. The number of amides is 1. The van der Waals surface area contributed by atoms with E-state index in [0.717, 1.165) is 31.5 Å². The molecule has 1 amide bonds. The van der Waals surface area contributed by atoms with Crippen LogP contribution in [0.3, 0.4) is 0 Å². The molecule has 5 nitrogen and oxygen atoms in total. The fraction of sp³-hybridized carbons (Fsp3) is 0.167. The minimum Gasteiger partial charge on any atom is -0.497 e. The van der Waals surface area contributed by atoms with E-state index < -0.39 is 11.5 Å². The van der Waals surface area contributed by atoms with Crippen molar-refractivity contribution >= 4 is 68.6 Å². The summed E-state index contributed by atoms with van der Waals surface area (Å²) in [6.07, 6.45) is 0. The molecule has 0 fully saturated rings. The number of ether oxygens (including phenoxy) is 2. The van der Waals surface area contributed by atoms with Crippen LogP contribution < -0.4 is 9.64 Å². The highest BCUT2D eigenvalue weighted by Gasteiger charge is 2.46. The van der Waals surface area contributed by atoms with Crippen molar-refractivity contribution in [3.8, 4) is 5.75 Å². The van der Waals surface area contributed by atoms with Gasteiger partial charge in [-0.2, -0.15) is 0 Å². The van der Waals surface area contributed by atoms with E-state index in [0.29, 0.717) is 21.1 Å². The molecule has 8 heteroatoms. The lowest BCUT2D eigenvalue weighted by atomic mass is 9.82. The third-order valence-corrected chi connectivity index (χ3v) is 9.82. The first-order valence-corrected chi connectivity index (χ1v) is 13.9. The molecule has 0 aliphatic carbocycles. The van der Waals surface area contributed by atoms with E-state index in [1.807, 2.05) is 80.6 Å². The molecule has 5 rings (SSSR count). The third-order valence-electron chi connectivity index (χ3n) is 6.49. The maximum absolute atomic E-state index is 13.9. The molecule has 0 unspecified atom stereocenters. The number of fused-ring (bicyclic) bond motifs is 1. The van der Waals surface area contributed by atoms with Crippen molar-refractivity contribution in [2.45, 2.75) is 19.4 Å². The summed E-state index contributed by atoms with van der Waals surface area (Å²) in [5.74, 6) is 0.108. The summed E-state index contributed by atoms with van der Waals surface area (Å²) in [7, 11) is 2.99. The van der Waals surface area contributed by atoms with E-state index in [-0.39, 0.29) is 5.91 Å². The average Bonchev–Trinajstić information content (AvgIpc) is 3.38. The van der Waals surface area contributed by atoms with Gasteiger partial charge in [-0.3, -0.25) is 9.69 Å². The van der Waals surface area contributed by atoms with E-state index >= 15 is 0 Å². The highest BCUT2D eigenvalue weighted by atomic mass is 32.2. The molecule has 0 bridgehead atoms. The largest absolute Gasteiger partial charge is 0.497 e. The normalized spacial score (nSPS) is 18.3. The predicted molar refractivity (Wildman–Crippen MR) is 160 cm³/mol. The summed E-state index contributed by atoms with van der Waals surface area (Å²) in [5, 5.41) is 0. The number of nitrogens with zero attached hydrogens (tertiary/aromatic N) is 1. The van der Waals surface area contributed by atoms with Gasteiger partial charge in [0.1, 0.15) is 10.7 Å². The lowest BCUT2D eigenvalue weighted by Gasteiger charge is -2.45. The highest BCUT2D eigenvalue weighted by Crippen LogP contribution is 2.58. The van der Waals surface area contributed by atoms with Crippen LogP contribution in [0.15, 0.2) is 88.0 Å². The Kier molecular flexibility index (Phi) is 7.22. The maximum Gasteiger partial charge on any atom is 0.345 e. The van der Waals surface area contributed by atoms with Crippen LogP contribution in [-0.2, 0) is 9.53 Å². The fourth-order valence-corrected chi connectivity index (χ4v) is 7.71. The van der Waals surface area contributed by atoms with Crippen LogP contribution in [0.2, 0.25) is 0 Å². The molecule has 0 radical (unpaired) electrons. The monoisotopic (exact) mass is 559 g/mol. The first-order valence-electron chi connectivity index (χ1n) is 11.9. The Morgan fingerprint density at radius 3 is 2.18 bits per heavy atom. The Labute approximate surface area is 235 Å². The van der Waals surface area contributed by atoms with Crippen molar-refractivity contribution < 1.29 is 19.1 Å². The summed E-state index contributed by atoms with van der Waals surface area (Å²) in [6, 6.07) is 24.6. The molecule has 0 spiro atoms. The second-order valence-corrected chi connectivity index (χ2v) is 11.9. The van der Waals surface area contributed by atoms with Gasteiger partial charge in [-0.15, -0.1) is 0 Å². The van der Waals surface area contributed by atoms with Gasteiger partial charge in [0.05, 0.1) is 34.5 Å². The molecule has 0 N–H and O–H groups in total. The molecule has 192 valence electrons. The van der Waals surface area contributed by atoms with Crippen molar-refractivity contribution in [2.75, 3.05) is 19.1 Å². The number of thioether (sulfide) groups is 2. The van der Waals surface area contributed by atoms with Crippen LogP contribution in [0.1, 0.15) is 35.3 Å². The Morgan fingerprint density at radius 1 is 0.895 bits per heavy atom. The standard InChI is InChI=1S/C30H25NO4S3/c1-30(2)26(36)23(29-37-24(18-11-7-5-8-12-18)25(38-29)28(33)35-4)21-17-20(34-3)15-16-22(21)31(30)27(32)19-13-9-6-10-14-19/h5-17H,1-4H3/b29-23-. The summed E-state index contributed by atoms with van der Waals surface area (Å²) >= 11 is 8.99. The lowest BCUT2D eigenvalue weighted by Crippen LogP contribution is -2.55. The molecule has 38 heavy (non-hydrogen) atoms. The van der Waals surface area contributed by atoms with Gasteiger partial charge < -0.3 is 9.47 Å². The zero-order valence-corrected chi connectivity index (χ0v) is 23.8. The van der Waals surface area contributed by atoms with Crippen molar-refractivity contribution in [3.63, 3.8) is 0 Å². The minimum atomic E-state index is -0.825. The fourth-order valence-electron chi connectivity index (χ4n) is 4.55.